The van der Waals surface area contributed by atoms with Crippen LogP contribution in [0, 0.1) is 0 Å². The van der Waals surface area contributed by atoms with Gasteiger partial charge < -0.3 is 14.2 Å². The molecule has 5 rings (SSSR count). The Labute approximate surface area is 189 Å². The van der Waals surface area contributed by atoms with Gasteiger partial charge in [0.25, 0.3) is 11.8 Å². The quantitative estimate of drug-likeness (QED) is 0.435. The van der Waals surface area contributed by atoms with Gasteiger partial charge in [-0.2, -0.15) is 5.10 Å². The molecule has 0 radical (unpaired) electrons. The van der Waals surface area contributed by atoms with Crippen molar-refractivity contribution < 1.29 is 23.8 Å². The molecule has 0 N–H and O–H groups in total. The van der Waals surface area contributed by atoms with Gasteiger partial charge in [-0.05, 0) is 36.4 Å². The molecule has 0 saturated heterocycles. The summed E-state index contributed by atoms with van der Waals surface area (Å²) in [5, 5.41) is 5.12. The van der Waals surface area contributed by atoms with Crippen LogP contribution in [0.25, 0.3) is 22.3 Å². The van der Waals surface area contributed by atoms with E-state index in [0.717, 1.165) is 10.5 Å². The molecule has 9 heteroatoms. The Morgan fingerprint density at radius 2 is 1.55 bits per heavy atom. The number of pyridine rings is 1. The van der Waals surface area contributed by atoms with Crippen LogP contribution in [0.2, 0.25) is 0 Å². The van der Waals surface area contributed by atoms with Crippen molar-refractivity contribution in [3.05, 3.63) is 59.8 Å². The zero-order chi connectivity index (χ0) is 23.3. The Bertz CT molecular complexity index is 1430. The van der Waals surface area contributed by atoms with Crippen molar-refractivity contribution in [2.45, 2.75) is 0 Å². The van der Waals surface area contributed by atoms with Gasteiger partial charge in [0.05, 0.1) is 43.5 Å². The van der Waals surface area contributed by atoms with E-state index in [1.807, 2.05) is 24.3 Å². The van der Waals surface area contributed by atoms with E-state index >= 15 is 0 Å². The second kappa shape index (κ2) is 7.63. The van der Waals surface area contributed by atoms with Crippen LogP contribution in [0.3, 0.4) is 0 Å². The van der Waals surface area contributed by atoms with E-state index in [1.54, 1.807) is 37.0 Å². The first-order valence-corrected chi connectivity index (χ1v) is 10.1. The fourth-order valence-corrected chi connectivity index (χ4v) is 4.07. The van der Waals surface area contributed by atoms with Crippen LogP contribution < -0.4 is 19.1 Å². The van der Waals surface area contributed by atoms with Crippen LogP contribution in [0.5, 0.6) is 17.2 Å². The summed E-state index contributed by atoms with van der Waals surface area (Å²) in [6.07, 6.45) is 1.42. The number of aryl methyl sites for hydroxylation is 1. The monoisotopic (exact) mass is 444 g/mol. The van der Waals surface area contributed by atoms with Gasteiger partial charge in [-0.15, -0.1) is 0 Å². The summed E-state index contributed by atoms with van der Waals surface area (Å²) < 4.78 is 17.5. The Morgan fingerprint density at radius 1 is 0.848 bits per heavy atom. The summed E-state index contributed by atoms with van der Waals surface area (Å²) in [4.78, 5) is 32.6. The summed E-state index contributed by atoms with van der Waals surface area (Å²) in [6.45, 7) is 0. The van der Waals surface area contributed by atoms with Gasteiger partial charge in [-0.25, -0.2) is 14.6 Å². The van der Waals surface area contributed by atoms with Crippen LogP contribution in [0.1, 0.15) is 20.7 Å². The third-order valence-corrected chi connectivity index (χ3v) is 5.69. The summed E-state index contributed by atoms with van der Waals surface area (Å²) >= 11 is 0. The Balaban J connectivity index is 1.71. The molecule has 1 aliphatic rings. The summed E-state index contributed by atoms with van der Waals surface area (Å²) in [6, 6.07) is 12.2. The molecule has 1 aliphatic heterocycles. The molecule has 0 aliphatic carbocycles. The number of aromatic nitrogens is 3. The highest BCUT2D eigenvalue weighted by Gasteiger charge is 2.41. The average molecular weight is 444 g/mol. The average Bonchev–Trinajstić information content (AvgIpc) is 3.32. The predicted molar refractivity (Wildman–Crippen MR) is 121 cm³/mol. The molecule has 0 atom stereocenters. The van der Waals surface area contributed by atoms with Gasteiger partial charge in [-0.3, -0.25) is 9.59 Å². The number of carbonyl (C=O) groups is 2. The number of anilines is 1. The second-order valence-corrected chi connectivity index (χ2v) is 7.43. The zero-order valence-corrected chi connectivity index (χ0v) is 18.4. The summed E-state index contributed by atoms with van der Waals surface area (Å²) in [7, 11) is 6.34. The molecular weight excluding hydrogens is 424 g/mol. The topological polar surface area (TPSA) is 95.8 Å². The lowest BCUT2D eigenvalue weighted by molar-refractivity contribution is 0.0925. The summed E-state index contributed by atoms with van der Waals surface area (Å²) in [5.74, 6) is 0.650. The highest BCUT2D eigenvalue weighted by molar-refractivity contribution is 6.38. The molecule has 2 aromatic carbocycles. The highest BCUT2D eigenvalue weighted by atomic mass is 16.5. The van der Waals surface area contributed by atoms with Gasteiger partial charge in [0.1, 0.15) is 22.9 Å². The lowest BCUT2D eigenvalue weighted by Gasteiger charge is -2.18. The van der Waals surface area contributed by atoms with Crippen molar-refractivity contribution in [3.8, 4) is 28.5 Å². The van der Waals surface area contributed by atoms with E-state index in [1.165, 1.54) is 20.4 Å². The molecule has 166 valence electrons. The number of fused-ring (bicyclic) bond motifs is 3. The van der Waals surface area contributed by atoms with Crippen LogP contribution in [0.4, 0.5) is 5.69 Å². The fraction of sp³-hybridized carbons (Fsp3) is 0.167. The number of amides is 2. The van der Waals surface area contributed by atoms with Crippen LogP contribution >= 0.6 is 0 Å². The van der Waals surface area contributed by atoms with Crippen molar-refractivity contribution in [1.29, 1.82) is 0 Å². The second-order valence-electron chi connectivity index (χ2n) is 7.43. The lowest BCUT2D eigenvalue weighted by Crippen LogP contribution is -2.29. The maximum absolute atomic E-state index is 13.7. The van der Waals surface area contributed by atoms with Crippen molar-refractivity contribution in [2.24, 2.45) is 7.05 Å². The van der Waals surface area contributed by atoms with Crippen molar-refractivity contribution in [2.75, 3.05) is 26.2 Å². The van der Waals surface area contributed by atoms with E-state index in [9.17, 15) is 9.59 Å². The standard InChI is InChI=1S/C24H20N4O5/c1-27-22-20(21(26-27)13-5-7-14(31-2)8-6-13)19-16(12-25-22)23(29)28(24(19)30)17-10-9-15(32-3)11-18(17)33-4/h5-12H,1-4H3. The molecule has 0 fully saturated rings. The Hall–Kier alpha value is -4.40. The molecular formula is C24H20N4O5. The van der Waals surface area contributed by atoms with Crippen LogP contribution in [-0.4, -0.2) is 47.9 Å². The third kappa shape index (κ3) is 3.00. The van der Waals surface area contributed by atoms with Crippen molar-refractivity contribution in [1.82, 2.24) is 14.8 Å². The molecule has 2 amide bonds. The molecule has 33 heavy (non-hydrogen) atoms. The first-order valence-electron chi connectivity index (χ1n) is 10.1. The van der Waals surface area contributed by atoms with E-state index < -0.39 is 11.8 Å². The molecule has 3 heterocycles. The zero-order valence-electron chi connectivity index (χ0n) is 18.4. The largest absolute Gasteiger partial charge is 0.497 e. The number of methoxy groups -OCH3 is 3. The molecule has 4 aromatic rings. The third-order valence-electron chi connectivity index (χ3n) is 5.69. The van der Waals surface area contributed by atoms with E-state index in [-0.39, 0.29) is 11.1 Å². The van der Waals surface area contributed by atoms with Crippen LogP contribution in [0.15, 0.2) is 48.7 Å². The lowest BCUT2D eigenvalue weighted by atomic mass is 10.0. The minimum atomic E-state index is -0.475. The number of rotatable bonds is 5. The number of hydrogen-bond donors (Lipinski definition) is 0. The Kier molecular flexibility index (Phi) is 4.74. The van der Waals surface area contributed by atoms with Gasteiger partial charge in [0, 0.05) is 24.9 Å². The van der Waals surface area contributed by atoms with E-state index in [4.69, 9.17) is 14.2 Å². The SMILES string of the molecule is COc1ccc(-c2nn(C)c3ncc4c(c23)C(=O)N(c2ccc(OC)cc2OC)C4=O)cc1. The molecule has 9 nitrogen and oxygen atoms in total. The van der Waals surface area contributed by atoms with Crippen LogP contribution in [-0.2, 0) is 7.05 Å². The number of hydrogen-bond acceptors (Lipinski definition) is 7. The first-order chi connectivity index (χ1) is 16.0. The number of ether oxygens (including phenoxy) is 3. The predicted octanol–water partition coefficient (Wildman–Crippen LogP) is 3.46. The fourth-order valence-electron chi connectivity index (χ4n) is 4.07. The maximum atomic E-state index is 13.7. The smallest absolute Gasteiger partial charge is 0.267 e. The number of benzene rings is 2. The molecule has 0 spiro atoms. The Morgan fingerprint density at radius 3 is 2.21 bits per heavy atom. The van der Waals surface area contributed by atoms with Gasteiger partial charge in [0.15, 0.2) is 5.65 Å². The summed E-state index contributed by atoms with van der Waals surface area (Å²) in [5.41, 5.74) is 2.65. The molecule has 0 saturated carbocycles. The van der Waals surface area contributed by atoms with Gasteiger partial charge in [-0.1, -0.05) is 0 Å². The first kappa shape index (κ1) is 20.5. The maximum Gasteiger partial charge on any atom is 0.267 e. The number of nitrogens with zero attached hydrogens (tertiary/aromatic N) is 4. The molecule has 0 bridgehead atoms. The van der Waals surface area contributed by atoms with Gasteiger partial charge >= 0.3 is 0 Å². The van der Waals surface area contributed by atoms with Crippen molar-refractivity contribution in [3.63, 3.8) is 0 Å². The normalized spacial score (nSPS) is 12.9. The van der Waals surface area contributed by atoms with E-state index in [0.29, 0.717) is 39.7 Å². The number of imide groups is 1. The van der Waals surface area contributed by atoms with Gasteiger partial charge in [0.2, 0.25) is 0 Å². The number of carbonyl (C=O) groups excluding carboxylic acids is 2. The van der Waals surface area contributed by atoms with E-state index in [2.05, 4.69) is 10.1 Å². The minimum absolute atomic E-state index is 0.216. The minimum Gasteiger partial charge on any atom is -0.497 e. The molecule has 0 unspecified atom stereocenters. The highest BCUT2D eigenvalue weighted by Crippen LogP contribution is 2.40. The van der Waals surface area contributed by atoms with Crippen molar-refractivity contribution >= 4 is 28.5 Å². The molecule has 2 aromatic heterocycles.